The molecule has 2 heterocycles. The first-order valence-corrected chi connectivity index (χ1v) is 10.4. The van der Waals surface area contributed by atoms with Crippen molar-refractivity contribution in [3.8, 4) is 16.9 Å². The molecule has 7 heteroatoms. The third kappa shape index (κ3) is 4.73. The molecule has 6 nitrogen and oxygen atoms in total. The minimum atomic E-state index is -0.305. The van der Waals surface area contributed by atoms with Gasteiger partial charge in [-0.1, -0.05) is 18.2 Å². The molecule has 0 spiro atoms. The van der Waals surface area contributed by atoms with E-state index in [-0.39, 0.29) is 11.4 Å². The van der Waals surface area contributed by atoms with Crippen molar-refractivity contribution in [3.05, 3.63) is 82.4 Å². The number of hydrogen-bond acceptors (Lipinski definition) is 4. The van der Waals surface area contributed by atoms with Crippen LogP contribution in [0.2, 0.25) is 0 Å². The molecule has 0 saturated heterocycles. The molecule has 0 aliphatic carbocycles. The second kappa shape index (κ2) is 9.68. The maximum absolute atomic E-state index is 13.5. The van der Waals surface area contributed by atoms with Gasteiger partial charge in [-0.3, -0.25) is 4.79 Å². The molecule has 0 fully saturated rings. The Morgan fingerprint density at radius 1 is 1.13 bits per heavy atom. The minimum Gasteiger partial charge on any atom is -0.382 e. The molecule has 4 rings (SSSR count). The molecule has 0 aliphatic heterocycles. The van der Waals surface area contributed by atoms with Crippen LogP contribution in [-0.2, 0) is 11.3 Å². The van der Waals surface area contributed by atoms with Crippen LogP contribution in [0, 0.1) is 5.82 Å². The zero-order valence-corrected chi connectivity index (χ0v) is 17.4. The Morgan fingerprint density at radius 3 is 2.65 bits per heavy atom. The number of aromatic amines is 1. The first kappa shape index (κ1) is 21.0. The van der Waals surface area contributed by atoms with Crippen molar-refractivity contribution in [1.82, 2.24) is 20.1 Å². The van der Waals surface area contributed by atoms with E-state index in [4.69, 9.17) is 9.84 Å². The van der Waals surface area contributed by atoms with Gasteiger partial charge in [0, 0.05) is 36.3 Å². The van der Waals surface area contributed by atoms with Crippen LogP contribution in [-0.4, -0.2) is 34.5 Å². The molecule has 2 aromatic heterocycles. The summed E-state index contributed by atoms with van der Waals surface area (Å²) in [6.45, 7) is 4.56. The average molecular weight is 420 g/mol. The van der Waals surface area contributed by atoms with Crippen molar-refractivity contribution in [2.24, 2.45) is 0 Å². The number of nitrogens with zero attached hydrogens (tertiary/aromatic N) is 2. The highest BCUT2D eigenvalue weighted by atomic mass is 19.1. The monoisotopic (exact) mass is 420 g/mol. The molecule has 0 atom stereocenters. The minimum absolute atomic E-state index is 0.160. The van der Waals surface area contributed by atoms with Gasteiger partial charge < -0.3 is 15.0 Å². The van der Waals surface area contributed by atoms with Crippen LogP contribution in [0.1, 0.15) is 18.9 Å². The molecule has 0 amide bonds. The van der Waals surface area contributed by atoms with E-state index in [1.165, 1.54) is 12.1 Å². The van der Waals surface area contributed by atoms with Crippen molar-refractivity contribution in [2.45, 2.75) is 19.9 Å². The Bertz CT molecular complexity index is 1200. The molecule has 4 aromatic rings. The number of para-hydroxylation sites is 1. The summed E-state index contributed by atoms with van der Waals surface area (Å²) >= 11 is 0. The predicted molar refractivity (Wildman–Crippen MR) is 120 cm³/mol. The lowest BCUT2D eigenvalue weighted by Gasteiger charge is -2.06. The number of aromatic nitrogens is 3. The van der Waals surface area contributed by atoms with Gasteiger partial charge in [-0.15, -0.1) is 0 Å². The molecule has 31 heavy (non-hydrogen) atoms. The highest BCUT2D eigenvalue weighted by Gasteiger charge is 2.16. The molecular weight excluding hydrogens is 395 g/mol. The summed E-state index contributed by atoms with van der Waals surface area (Å²) in [5.41, 5.74) is 3.37. The number of H-pyrrole nitrogens is 1. The summed E-state index contributed by atoms with van der Waals surface area (Å²) in [4.78, 5) is 15.8. The number of pyridine rings is 1. The molecule has 0 radical (unpaired) electrons. The molecule has 0 aliphatic rings. The fourth-order valence-electron chi connectivity index (χ4n) is 3.49. The highest BCUT2D eigenvalue weighted by molar-refractivity contribution is 5.92. The van der Waals surface area contributed by atoms with Crippen LogP contribution >= 0.6 is 0 Å². The number of fused-ring (bicyclic) bond motifs is 1. The van der Waals surface area contributed by atoms with Gasteiger partial charge in [0.25, 0.3) is 5.56 Å². The van der Waals surface area contributed by atoms with Crippen molar-refractivity contribution in [3.63, 3.8) is 0 Å². The van der Waals surface area contributed by atoms with Crippen molar-refractivity contribution in [1.29, 1.82) is 0 Å². The van der Waals surface area contributed by atoms with Gasteiger partial charge in [0.1, 0.15) is 17.2 Å². The van der Waals surface area contributed by atoms with Gasteiger partial charge in [0.05, 0.1) is 5.69 Å². The number of hydrogen-bond donors (Lipinski definition) is 2. The zero-order valence-electron chi connectivity index (χ0n) is 17.4. The predicted octanol–water partition coefficient (Wildman–Crippen LogP) is 4.04. The fraction of sp³-hybridized carbons (Fsp3) is 0.250. The quantitative estimate of drug-likeness (QED) is 0.401. The molecule has 160 valence electrons. The van der Waals surface area contributed by atoms with Gasteiger partial charge >= 0.3 is 0 Å². The normalized spacial score (nSPS) is 11.3. The van der Waals surface area contributed by atoms with Gasteiger partial charge in [-0.05, 0) is 62.4 Å². The molecule has 0 saturated carbocycles. The summed E-state index contributed by atoms with van der Waals surface area (Å²) < 4.78 is 20.5. The largest absolute Gasteiger partial charge is 0.382 e. The number of rotatable bonds is 9. The summed E-state index contributed by atoms with van der Waals surface area (Å²) in [6.07, 6.45) is 0.876. The fourth-order valence-corrected chi connectivity index (χ4v) is 3.49. The molecular formula is C24H25FN4O2. The van der Waals surface area contributed by atoms with E-state index < -0.39 is 0 Å². The first-order valence-electron chi connectivity index (χ1n) is 10.4. The third-order valence-corrected chi connectivity index (χ3v) is 5.04. The number of benzene rings is 2. The smallest absolute Gasteiger partial charge is 0.254 e. The topological polar surface area (TPSA) is 71.9 Å². The van der Waals surface area contributed by atoms with E-state index in [1.54, 1.807) is 16.8 Å². The van der Waals surface area contributed by atoms with E-state index in [0.29, 0.717) is 36.7 Å². The van der Waals surface area contributed by atoms with Gasteiger partial charge in [-0.2, -0.15) is 5.10 Å². The van der Waals surface area contributed by atoms with E-state index in [2.05, 4.69) is 10.3 Å². The third-order valence-electron chi connectivity index (χ3n) is 5.04. The van der Waals surface area contributed by atoms with Crippen molar-refractivity contribution < 1.29 is 9.13 Å². The van der Waals surface area contributed by atoms with E-state index in [0.717, 1.165) is 29.6 Å². The average Bonchev–Trinajstić information content (AvgIpc) is 3.15. The number of halogens is 1. The summed E-state index contributed by atoms with van der Waals surface area (Å²) in [6, 6.07) is 17.7. The van der Waals surface area contributed by atoms with Crippen LogP contribution in [0.15, 0.2) is 65.5 Å². The van der Waals surface area contributed by atoms with Crippen LogP contribution in [0.3, 0.4) is 0 Å². The Kier molecular flexibility index (Phi) is 6.54. The second-order valence-corrected chi connectivity index (χ2v) is 7.22. The van der Waals surface area contributed by atoms with Gasteiger partial charge in [-0.25, -0.2) is 9.07 Å². The molecule has 2 aromatic carbocycles. The van der Waals surface area contributed by atoms with Crippen molar-refractivity contribution in [2.75, 3.05) is 19.8 Å². The van der Waals surface area contributed by atoms with Crippen molar-refractivity contribution >= 4 is 11.0 Å². The Balaban J connectivity index is 1.73. The summed E-state index contributed by atoms with van der Waals surface area (Å²) in [5, 5.41) is 8.86. The van der Waals surface area contributed by atoms with E-state index >= 15 is 0 Å². The maximum atomic E-state index is 13.5. The van der Waals surface area contributed by atoms with Crippen LogP contribution in [0.4, 0.5) is 4.39 Å². The lowest BCUT2D eigenvalue weighted by atomic mass is 10.1. The maximum Gasteiger partial charge on any atom is 0.254 e. The standard InChI is InChI=1S/C24H25FN4O2/c1-2-31-14-6-13-26-16-18-15-21-22(17-9-11-19(25)12-10-17)28-29(23(21)27-24(18)30)20-7-4-3-5-8-20/h3-5,7-12,15,26H,2,6,13-14,16H2,1H3,(H,27,30). The molecule has 0 bridgehead atoms. The zero-order chi connectivity index (χ0) is 21.6. The summed E-state index contributed by atoms with van der Waals surface area (Å²) in [7, 11) is 0. The number of nitrogens with one attached hydrogen (secondary N) is 2. The Morgan fingerprint density at radius 2 is 1.90 bits per heavy atom. The number of ether oxygens (including phenoxy) is 1. The lowest BCUT2D eigenvalue weighted by molar-refractivity contribution is 0.144. The highest BCUT2D eigenvalue weighted by Crippen LogP contribution is 2.29. The molecule has 0 unspecified atom stereocenters. The summed E-state index contributed by atoms with van der Waals surface area (Å²) in [5.74, 6) is -0.305. The van der Waals surface area contributed by atoms with E-state index in [9.17, 15) is 9.18 Å². The lowest BCUT2D eigenvalue weighted by Crippen LogP contribution is -2.22. The molecule has 2 N–H and O–H groups in total. The Labute approximate surface area is 179 Å². The Hall–Kier alpha value is -3.29. The van der Waals surface area contributed by atoms with Gasteiger partial charge in [0.15, 0.2) is 0 Å². The van der Waals surface area contributed by atoms with E-state index in [1.807, 2.05) is 43.3 Å². The van der Waals surface area contributed by atoms with Crippen LogP contribution in [0.25, 0.3) is 28.0 Å². The van der Waals surface area contributed by atoms with Crippen LogP contribution in [0.5, 0.6) is 0 Å². The first-order chi connectivity index (χ1) is 15.2. The second-order valence-electron chi connectivity index (χ2n) is 7.22. The SMILES string of the molecule is CCOCCCNCc1cc2c(-c3ccc(F)cc3)nn(-c3ccccc3)c2[nH]c1=O. The van der Waals surface area contributed by atoms with Gasteiger partial charge in [0.2, 0.25) is 0 Å². The van der Waals surface area contributed by atoms with Crippen LogP contribution < -0.4 is 10.9 Å².